The van der Waals surface area contributed by atoms with E-state index in [4.69, 9.17) is 9.47 Å². The molecule has 0 atom stereocenters. The standard InChI is InChI=1S/C26H22FNO3/c1-16-5-3-4-6-19(16)12-23-25(29)24-17(2)11-22-21(26(24)31-23)14-28(15-30-22)13-18-7-9-20(27)10-8-18/h3-12H,13-15H2,1-2H3/b23-12-. The molecule has 0 bridgehead atoms. The monoisotopic (exact) mass is 415 g/mol. The summed E-state index contributed by atoms with van der Waals surface area (Å²) in [6.45, 7) is 5.53. The summed E-state index contributed by atoms with van der Waals surface area (Å²) in [6, 6.07) is 16.3. The van der Waals surface area contributed by atoms with E-state index < -0.39 is 0 Å². The lowest BCUT2D eigenvalue weighted by Gasteiger charge is -2.30. The van der Waals surface area contributed by atoms with Gasteiger partial charge in [0.25, 0.3) is 0 Å². The highest BCUT2D eigenvalue weighted by Gasteiger charge is 2.35. The normalized spacial score (nSPS) is 16.6. The van der Waals surface area contributed by atoms with Crippen molar-refractivity contribution in [3.05, 3.63) is 99.6 Å². The molecule has 0 aliphatic carbocycles. The van der Waals surface area contributed by atoms with Gasteiger partial charge in [-0.3, -0.25) is 9.69 Å². The van der Waals surface area contributed by atoms with Gasteiger partial charge in [0.1, 0.15) is 24.0 Å². The minimum Gasteiger partial charge on any atom is -0.478 e. The van der Waals surface area contributed by atoms with Gasteiger partial charge in [0.05, 0.1) is 11.1 Å². The first-order chi connectivity index (χ1) is 15.0. The van der Waals surface area contributed by atoms with Crippen molar-refractivity contribution in [1.82, 2.24) is 4.90 Å². The van der Waals surface area contributed by atoms with Crippen molar-refractivity contribution < 1.29 is 18.7 Å². The minimum absolute atomic E-state index is 0.103. The summed E-state index contributed by atoms with van der Waals surface area (Å²) in [5, 5.41) is 0. The first kappa shape index (κ1) is 19.5. The molecule has 0 saturated carbocycles. The number of allylic oxidation sites excluding steroid dienone is 1. The highest BCUT2D eigenvalue weighted by Crippen LogP contribution is 2.44. The van der Waals surface area contributed by atoms with Gasteiger partial charge in [0.15, 0.2) is 5.76 Å². The first-order valence-electron chi connectivity index (χ1n) is 10.3. The van der Waals surface area contributed by atoms with Gasteiger partial charge >= 0.3 is 0 Å². The fraction of sp³-hybridized carbons (Fsp3) is 0.192. The molecule has 5 heteroatoms. The Morgan fingerprint density at radius 2 is 1.84 bits per heavy atom. The lowest BCUT2D eigenvalue weighted by molar-refractivity contribution is 0.0872. The second-order valence-electron chi connectivity index (χ2n) is 8.06. The summed E-state index contributed by atoms with van der Waals surface area (Å²) < 4.78 is 25.3. The number of hydrogen-bond acceptors (Lipinski definition) is 4. The smallest absolute Gasteiger partial charge is 0.232 e. The Morgan fingerprint density at radius 1 is 1.06 bits per heavy atom. The molecule has 0 saturated heterocycles. The van der Waals surface area contributed by atoms with Crippen LogP contribution in [0.2, 0.25) is 0 Å². The minimum atomic E-state index is -0.253. The van der Waals surface area contributed by atoms with Crippen LogP contribution in [0.1, 0.15) is 38.2 Å². The van der Waals surface area contributed by atoms with Crippen molar-refractivity contribution >= 4 is 11.9 Å². The van der Waals surface area contributed by atoms with Crippen LogP contribution in [0.25, 0.3) is 6.08 Å². The molecule has 2 aliphatic rings. The summed E-state index contributed by atoms with van der Waals surface area (Å²) >= 11 is 0. The van der Waals surface area contributed by atoms with Crippen LogP contribution in [0.15, 0.2) is 60.4 Å². The van der Waals surface area contributed by atoms with Gasteiger partial charge in [0.2, 0.25) is 5.78 Å². The van der Waals surface area contributed by atoms with Crippen LogP contribution in [-0.2, 0) is 13.1 Å². The first-order valence-corrected chi connectivity index (χ1v) is 10.3. The molecule has 0 amide bonds. The molecule has 2 heterocycles. The average Bonchev–Trinajstić information content (AvgIpc) is 3.09. The van der Waals surface area contributed by atoms with E-state index in [1.165, 1.54) is 12.1 Å². The van der Waals surface area contributed by atoms with Crippen molar-refractivity contribution in [2.45, 2.75) is 26.9 Å². The lowest BCUT2D eigenvalue weighted by Crippen LogP contribution is -2.31. The quantitative estimate of drug-likeness (QED) is 0.536. The van der Waals surface area contributed by atoms with Gasteiger partial charge in [-0.2, -0.15) is 0 Å². The molecule has 156 valence electrons. The number of Topliss-reactive ketones (excluding diaryl/α,β-unsaturated/α-hetero) is 1. The highest BCUT2D eigenvalue weighted by molar-refractivity contribution is 6.16. The maximum Gasteiger partial charge on any atom is 0.232 e. The van der Waals surface area contributed by atoms with Crippen molar-refractivity contribution in [2.75, 3.05) is 6.73 Å². The van der Waals surface area contributed by atoms with E-state index in [0.29, 0.717) is 36.9 Å². The molecule has 3 aromatic rings. The topological polar surface area (TPSA) is 38.8 Å². The van der Waals surface area contributed by atoms with Crippen molar-refractivity contribution in [3.8, 4) is 11.5 Å². The summed E-state index contributed by atoms with van der Waals surface area (Å²) in [5.41, 5.74) is 5.35. The van der Waals surface area contributed by atoms with Crippen molar-refractivity contribution in [2.24, 2.45) is 0 Å². The molecule has 2 aliphatic heterocycles. The number of carbonyl (C=O) groups is 1. The van der Waals surface area contributed by atoms with Gasteiger partial charge in [-0.1, -0.05) is 36.4 Å². The molecule has 0 aromatic heterocycles. The summed E-state index contributed by atoms with van der Waals surface area (Å²) in [4.78, 5) is 15.2. The molecule has 0 spiro atoms. The number of halogens is 1. The molecule has 0 unspecified atom stereocenters. The second-order valence-corrected chi connectivity index (χ2v) is 8.06. The fourth-order valence-corrected chi connectivity index (χ4v) is 4.12. The number of rotatable bonds is 3. The molecule has 4 nitrogen and oxygen atoms in total. The molecular formula is C26H22FNO3. The van der Waals surface area contributed by atoms with E-state index in [0.717, 1.165) is 33.6 Å². The maximum absolute atomic E-state index is 13.2. The average molecular weight is 415 g/mol. The Balaban J connectivity index is 1.47. The molecule has 0 fully saturated rings. The lowest BCUT2D eigenvalue weighted by atomic mass is 9.98. The number of aryl methyl sites for hydroxylation is 2. The van der Waals surface area contributed by atoms with Gasteiger partial charge in [-0.15, -0.1) is 0 Å². The maximum atomic E-state index is 13.2. The van der Waals surface area contributed by atoms with Crippen LogP contribution in [-0.4, -0.2) is 17.4 Å². The van der Waals surface area contributed by atoms with Crippen LogP contribution >= 0.6 is 0 Å². The third-order valence-corrected chi connectivity index (χ3v) is 5.78. The van der Waals surface area contributed by atoms with Gasteiger partial charge < -0.3 is 9.47 Å². The van der Waals surface area contributed by atoms with Gasteiger partial charge in [-0.05, 0) is 60.4 Å². The third-order valence-electron chi connectivity index (χ3n) is 5.78. The zero-order valence-electron chi connectivity index (χ0n) is 17.4. The van der Waals surface area contributed by atoms with Gasteiger partial charge in [0, 0.05) is 13.1 Å². The van der Waals surface area contributed by atoms with Crippen LogP contribution in [0.5, 0.6) is 11.5 Å². The zero-order valence-corrected chi connectivity index (χ0v) is 17.4. The molecule has 0 N–H and O–H groups in total. The molecule has 3 aromatic carbocycles. The van der Waals surface area contributed by atoms with Crippen LogP contribution in [0.3, 0.4) is 0 Å². The van der Waals surface area contributed by atoms with E-state index >= 15 is 0 Å². The number of benzene rings is 3. The molecule has 0 radical (unpaired) electrons. The van der Waals surface area contributed by atoms with E-state index in [2.05, 4.69) is 4.90 Å². The number of ketones is 1. The largest absolute Gasteiger partial charge is 0.478 e. The van der Waals surface area contributed by atoms with Crippen molar-refractivity contribution in [1.29, 1.82) is 0 Å². The van der Waals surface area contributed by atoms with E-state index in [1.807, 2.05) is 50.3 Å². The summed E-state index contributed by atoms with van der Waals surface area (Å²) in [5.74, 6) is 1.31. The summed E-state index contributed by atoms with van der Waals surface area (Å²) in [6.07, 6.45) is 1.81. The van der Waals surface area contributed by atoms with Crippen LogP contribution in [0, 0.1) is 19.7 Å². The molecule has 5 rings (SSSR count). The van der Waals surface area contributed by atoms with E-state index in [1.54, 1.807) is 12.1 Å². The Morgan fingerprint density at radius 3 is 2.61 bits per heavy atom. The van der Waals surface area contributed by atoms with Gasteiger partial charge in [-0.25, -0.2) is 4.39 Å². The third kappa shape index (κ3) is 3.62. The Hall–Kier alpha value is -3.44. The summed E-state index contributed by atoms with van der Waals surface area (Å²) in [7, 11) is 0. The number of ether oxygens (including phenoxy) is 2. The Kier molecular flexibility index (Phi) is 4.83. The number of fused-ring (bicyclic) bond motifs is 3. The number of hydrogen-bond donors (Lipinski definition) is 0. The Bertz CT molecular complexity index is 1210. The van der Waals surface area contributed by atoms with E-state index in [-0.39, 0.29) is 11.6 Å². The van der Waals surface area contributed by atoms with Crippen molar-refractivity contribution in [3.63, 3.8) is 0 Å². The van der Waals surface area contributed by atoms with E-state index in [9.17, 15) is 9.18 Å². The second kappa shape index (κ2) is 7.67. The number of carbonyl (C=O) groups excluding carboxylic acids is 1. The van der Waals surface area contributed by atoms with Crippen LogP contribution in [0.4, 0.5) is 4.39 Å². The highest BCUT2D eigenvalue weighted by atomic mass is 19.1. The predicted octanol–water partition coefficient (Wildman–Crippen LogP) is 5.41. The SMILES string of the molecule is Cc1ccccc1/C=C1\Oc2c3c(cc(C)c2C1=O)OCN(Cc1ccc(F)cc1)C3. The Labute approximate surface area is 180 Å². The number of nitrogens with zero attached hydrogens (tertiary/aromatic N) is 1. The molecule has 31 heavy (non-hydrogen) atoms. The molecular weight excluding hydrogens is 393 g/mol. The fourth-order valence-electron chi connectivity index (χ4n) is 4.12. The van der Waals surface area contributed by atoms with Crippen LogP contribution < -0.4 is 9.47 Å². The predicted molar refractivity (Wildman–Crippen MR) is 116 cm³/mol. The zero-order chi connectivity index (χ0) is 21.5.